The lowest BCUT2D eigenvalue weighted by molar-refractivity contribution is 0.835. The molecule has 0 amide bonds. The summed E-state index contributed by atoms with van der Waals surface area (Å²) >= 11 is 6.09. The zero-order valence-electron chi connectivity index (χ0n) is 9.53. The Morgan fingerprint density at radius 2 is 2.12 bits per heavy atom. The molecule has 1 aromatic carbocycles. The van der Waals surface area contributed by atoms with Gasteiger partial charge in [-0.15, -0.1) is 0 Å². The molecule has 0 bridgehead atoms. The van der Waals surface area contributed by atoms with Crippen LogP contribution in [0.15, 0.2) is 18.2 Å². The highest BCUT2D eigenvalue weighted by atomic mass is 35.5. The van der Waals surface area contributed by atoms with Crippen LogP contribution >= 0.6 is 11.6 Å². The largest absolute Gasteiger partial charge is 0.396 e. The molecule has 0 atom stereocenters. The Labute approximate surface area is 104 Å². The first-order valence-corrected chi connectivity index (χ1v) is 5.44. The molecule has 2 aromatic rings. The summed E-state index contributed by atoms with van der Waals surface area (Å²) in [6, 6.07) is 7.30. The molecule has 5 heteroatoms. The van der Waals surface area contributed by atoms with E-state index in [2.05, 4.69) is 5.10 Å². The third-order valence-corrected chi connectivity index (χ3v) is 3.18. The van der Waals surface area contributed by atoms with Crippen LogP contribution in [0.2, 0.25) is 5.02 Å². The first-order chi connectivity index (χ1) is 8.06. The van der Waals surface area contributed by atoms with Crippen LogP contribution < -0.4 is 5.73 Å². The third-order valence-electron chi connectivity index (χ3n) is 2.63. The second-order valence-electron chi connectivity index (χ2n) is 3.75. The van der Waals surface area contributed by atoms with Crippen molar-refractivity contribution < 1.29 is 0 Å². The fourth-order valence-electron chi connectivity index (χ4n) is 1.69. The van der Waals surface area contributed by atoms with Gasteiger partial charge in [0.1, 0.15) is 6.07 Å². The predicted molar refractivity (Wildman–Crippen MR) is 67.2 cm³/mol. The molecule has 2 rings (SSSR count). The number of para-hydroxylation sites is 1. The van der Waals surface area contributed by atoms with Gasteiger partial charge in [0.25, 0.3) is 0 Å². The number of rotatable bonds is 1. The number of hydrogen-bond donors (Lipinski definition) is 1. The number of anilines is 1. The Morgan fingerprint density at radius 1 is 1.41 bits per heavy atom. The number of hydrogen-bond acceptors (Lipinski definition) is 3. The molecular weight excluding hydrogens is 236 g/mol. The monoisotopic (exact) mass is 246 g/mol. The van der Waals surface area contributed by atoms with Crippen LogP contribution in [0.1, 0.15) is 17.0 Å². The van der Waals surface area contributed by atoms with Gasteiger partial charge in [-0.1, -0.05) is 17.7 Å². The lowest BCUT2D eigenvalue weighted by atomic mass is 10.1. The third kappa shape index (κ3) is 1.75. The standard InChI is InChI=1S/C12H11ClN4/c1-7-11(13)8(2)17(16-7)10-5-3-4-9(6-14)12(10)15/h3-5H,15H2,1-2H3. The molecule has 0 fully saturated rings. The molecule has 86 valence electrons. The van der Waals surface area contributed by atoms with Crippen molar-refractivity contribution in [2.24, 2.45) is 0 Å². The Hall–Kier alpha value is -1.99. The smallest absolute Gasteiger partial charge is 0.101 e. The normalized spacial score (nSPS) is 10.2. The fraction of sp³-hybridized carbons (Fsp3) is 0.167. The molecule has 4 nitrogen and oxygen atoms in total. The Balaban J connectivity index is 2.70. The Bertz CT molecular complexity index is 622. The first kappa shape index (κ1) is 11.5. The van der Waals surface area contributed by atoms with Crippen molar-refractivity contribution >= 4 is 17.3 Å². The van der Waals surface area contributed by atoms with Crippen molar-refractivity contribution in [1.29, 1.82) is 5.26 Å². The van der Waals surface area contributed by atoms with Gasteiger partial charge < -0.3 is 5.73 Å². The van der Waals surface area contributed by atoms with E-state index in [1.807, 2.05) is 26.0 Å². The Kier molecular flexibility index (Phi) is 2.78. The highest BCUT2D eigenvalue weighted by molar-refractivity contribution is 6.31. The van der Waals surface area contributed by atoms with E-state index in [1.165, 1.54) is 0 Å². The van der Waals surface area contributed by atoms with Crippen molar-refractivity contribution in [2.75, 3.05) is 5.73 Å². The highest BCUT2D eigenvalue weighted by Crippen LogP contribution is 2.26. The maximum Gasteiger partial charge on any atom is 0.101 e. The summed E-state index contributed by atoms with van der Waals surface area (Å²) in [6.45, 7) is 3.69. The van der Waals surface area contributed by atoms with Crippen LogP contribution in [0.5, 0.6) is 0 Å². The van der Waals surface area contributed by atoms with E-state index >= 15 is 0 Å². The molecule has 0 aliphatic rings. The minimum absolute atomic E-state index is 0.414. The summed E-state index contributed by atoms with van der Waals surface area (Å²) in [5, 5.41) is 13.9. The van der Waals surface area contributed by atoms with E-state index in [-0.39, 0.29) is 0 Å². The number of nitrogens with two attached hydrogens (primary N) is 1. The maximum absolute atomic E-state index is 8.93. The summed E-state index contributed by atoms with van der Waals surface area (Å²) < 4.78 is 1.66. The molecule has 0 saturated carbocycles. The molecule has 17 heavy (non-hydrogen) atoms. The summed E-state index contributed by atoms with van der Waals surface area (Å²) in [5.74, 6) is 0. The minimum atomic E-state index is 0.414. The lowest BCUT2D eigenvalue weighted by Crippen LogP contribution is -2.04. The molecule has 0 aliphatic carbocycles. The van der Waals surface area contributed by atoms with Gasteiger partial charge in [-0.3, -0.25) is 0 Å². The number of aryl methyl sites for hydroxylation is 1. The van der Waals surface area contributed by atoms with E-state index < -0.39 is 0 Å². The fourth-order valence-corrected chi connectivity index (χ4v) is 1.81. The maximum atomic E-state index is 8.93. The average Bonchev–Trinajstić information content (AvgIpc) is 2.57. The van der Waals surface area contributed by atoms with E-state index in [9.17, 15) is 0 Å². The molecule has 1 aromatic heterocycles. The second-order valence-corrected chi connectivity index (χ2v) is 4.12. The van der Waals surface area contributed by atoms with Gasteiger partial charge in [0.05, 0.1) is 33.3 Å². The van der Waals surface area contributed by atoms with Crippen LogP contribution in [0, 0.1) is 25.2 Å². The molecule has 2 N–H and O–H groups in total. The van der Waals surface area contributed by atoms with Gasteiger partial charge in [-0.25, -0.2) is 4.68 Å². The van der Waals surface area contributed by atoms with E-state index in [4.69, 9.17) is 22.6 Å². The number of nitriles is 1. The van der Waals surface area contributed by atoms with E-state index in [0.29, 0.717) is 22.0 Å². The van der Waals surface area contributed by atoms with Gasteiger partial charge in [0, 0.05) is 0 Å². The lowest BCUT2D eigenvalue weighted by Gasteiger charge is -2.08. The summed E-state index contributed by atoms with van der Waals surface area (Å²) in [4.78, 5) is 0. The van der Waals surface area contributed by atoms with E-state index in [0.717, 1.165) is 11.4 Å². The minimum Gasteiger partial charge on any atom is -0.396 e. The molecule has 0 saturated heterocycles. The molecule has 0 unspecified atom stereocenters. The van der Waals surface area contributed by atoms with Gasteiger partial charge in [-0.2, -0.15) is 10.4 Å². The summed E-state index contributed by atoms with van der Waals surface area (Å²) in [6.07, 6.45) is 0. The van der Waals surface area contributed by atoms with Crippen LogP contribution in [0.4, 0.5) is 5.69 Å². The zero-order chi connectivity index (χ0) is 12.6. The number of aromatic nitrogens is 2. The molecule has 0 spiro atoms. The molecule has 0 aliphatic heterocycles. The zero-order valence-corrected chi connectivity index (χ0v) is 10.3. The average molecular weight is 247 g/mol. The van der Waals surface area contributed by atoms with Crippen molar-refractivity contribution in [3.8, 4) is 11.8 Å². The van der Waals surface area contributed by atoms with Gasteiger partial charge in [0.15, 0.2) is 0 Å². The SMILES string of the molecule is Cc1nn(-c2cccc(C#N)c2N)c(C)c1Cl. The predicted octanol–water partition coefficient (Wildman–Crippen LogP) is 2.60. The van der Waals surface area contributed by atoms with Gasteiger partial charge in [-0.05, 0) is 26.0 Å². The highest BCUT2D eigenvalue weighted by Gasteiger charge is 2.13. The Morgan fingerprint density at radius 3 is 2.65 bits per heavy atom. The molecule has 1 heterocycles. The van der Waals surface area contributed by atoms with Crippen LogP contribution in [0.3, 0.4) is 0 Å². The summed E-state index contributed by atoms with van der Waals surface area (Å²) in [5.41, 5.74) is 9.01. The second kappa shape index (κ2) is 4.11. The number of benzene rings is 1. The van der Waals surface area contributed by atoms with Crippen molar-refractivity contribution in [2.45, 2.75) is 13.8 Å². The van der Waals surface area contributed by atoms with Crippen LogP contribution in [-0.4, -0.2) is 9.78 Å². The topological polar surface area (TPSA) is 67.6 Å². The van der Waals surface area contributed by atoms with Crippen molar-refractivity contribution in [3.63, 3.8) is 0 Å². The number of nitrogens with zero attached hydrogens (tertiary/aromatic N) is 3. The van der Waals surface area contributed by atoms with Crippen molar-refractivity contribution in [3.05, 3.63) is 40.2 Å². The molecular formula is C12H11ClN4. The summed E-state index contributed by atoms with van der Waals surface area (Å²) in [7, 11) is 0. The van der Waals surface area contributed by atoms with Crippen LogP contribution in [-0.2, 0) is 0 Å². The molecule has 0 radical (unpaired) electrons. The number of halogens is 1. The number of nitrogen functional groups attached to an aromatic ring is 1. The van der Waals surface area contributed by atoms with Gasteiger partial charge >= 0.3 is 0 Å². The van der Waals surface area contributed by atoms with Crippen LogP contribution in [0.25, 0.3) is 5.69 Å². The van der Waals surface area contributed by atoms with Crippen molar-refractivity contribution in [1.82, 2.24) is 9.78 Å². The van der Waals surface area contributed by atoms with E-state index in [1.54, 1.807) is 16.8 Å². The first-order valence-electron chi connectivity index (χ1n) is 5.07. The van der Waals surface area contributed by atoms with Gasteiger partial charge in [0.2, 0.25) is 0 Å². The quantitative estimate of drug-likeness (QED) is 0.787.